The SMILES string of the molecule is COc1ccc2[nH]c3c(c2c1)CCN(C(=O)NCCc1ccccc1)C3c1ccc(C)cc1. The van der Waals surface area contributed by atoms with Crippen molar-refractivity contribution in [2.24, 2.45) is 0 Å². The average molecular weight is 440 g/mol. The molecule has 0 bridgehead atoms. The van der Waals surface area contributed by atoms with E-state index < -0.39 is 0 Å². The van der Waals surface area contributed by atoms with Crippen molar-refractivity contribution in [2.45, 2.75) is 25.8 Å². The van der Waals surface area contributed by atoms with Crippen LogP contribution in [0.15, 0.2) is 72.8 Å². The fourth-order valence-corrected chi connectivity index (χ4v) is 4.77. The van der Waals surface area contributed by atoms with E-state index in [1.165, 1.54) is 22.1 Å². The van der Waals surface area contributed by atoms with Gasteiger partial charge in [-0.2, -0.15) is 0 Å². The number of H-pyrrole nitrogens is 1. The summed E-state index contributed by atoms with van der Waals surface area (Å²) in [6.45, 7) is 3.35. The van der Waals surface area contributed by atoms with E-state index in [4.69, 9.17) is 4.74 Å². The Morgan fingerprint density at radius 3 is 2.64 bits per heavy atom. The zero-order valence-corrected chi connectivity index (χ0v) is 19.1. The molecule has 0 aliphatic carbocycles. The lowest BCUT2D eigenvalue weighted by Crippen LogP contribution is -2.46. The quantitative estimate of drug-likeness (QED) is 0.438. The summed E-state index contributed by atoms with van der Waals surface area (Å²) in [6.07, 6.45) is 1.62. The second-order valence-corrected chi connectivity index (χ2v) is 8.65. The number of fused-ring (bicyclic) bond motifs is 3. The van der Waals surface area contributed by atoms with E-state index in [0.29, 0.717) is 13.1 Å². The highest BCUT2D eigenvalue weighted by Crippen LogP contribution is 2.39. The van der Waals surface area contributed by atoms with E-state index in [2.05, 4.69) is 65.8 Å². The van der Waals surface area contributed by atoms with Crippen LogP contribution >= 0.6 is 0 Å². The summed E-state index contributed by atoms with van der Waals surface area (Å²) in [5, 5.41) is 4.32. The topological polar surface area (TPSA) is 57.4 Å². The van der Waals surface area contributed by atoms with Crippen LogP contribution in [0.25, 0.3) is 10.9 Å². The number of urea groups is 1. The van der Waals surface area contributed by atoms with Gasteiger partial charge in [-0.05, 0) is 54.7 Å². The maximum atomic E-state index is 13.3. The van der Waals surface area contributed by atoms with Gasteiger partial charge < -0.3 is 19.9 Å². The summed E-state index contributed by atoms with van der Waals surface area (Å²) in [4.78, 5) is 18.9. The average Bonchev–Trinajstić information content (AvgIpc) is 3.22. The molecule has 1 unspecified atom stereocenters. The first kappa shape index (κ1) is 21.1. The number of aromatic amines is 1. The van der Waals surface area contributed by atoms with E-state index in [-0.39, 0.29) is 12.1 Å². The predicted octanol–water partition coefficient (Wildman–Crippen LogP) is 5.38. The highest BCUT2D eigenvalue weighted by Gasteiger charge is 2.34. The first-order chi connectivity index (χ1) is 16.1. The summed E-state index contributed by atoms with van der Waals surface area (Å²) < 4.78 is 5.46. The van der Waals surface area contributed by atoms with Gasteiger partial charge >= 0.3 is 6.03 Å². The normalized spacial score (nSPS) is 15.3. The summed E-state index contributed by atoms with van der Waals surface area (Å²) in [5.74, 6) is 0.845. The molecule has 2 heterocycles. The molecule has 0 saturated heterocycles. The van der Waals surface area contributed by atoms with Gasteiger partial charge in [-0.15, -0.1) is 0 Å². The van der Waals surface area contributed by atoms with Crippen molar-refractivity contribution in [1.82, 2.24) is 15.2 Å². The van der Waals surface area contributed by atoms with Gasteiger partial charge in [-0.25, -0.2) is 4.79 Å². The number of methoxy groups -OCH3 is 1. The summed E-state index contributed by atoms with van der Waals surface area (Å²) in [6, 6.07) is 24.7. The molecule has 2 N–H and O–H groups in total. The molecule has 1 aliphatic heterocycles. The van der Waals surface area contributed by atoms with Crippen molar-refractivity contribution < 1.29 is 9.53 Å². The minimum Gasteiger partial charge on any atom is -0.497 e. The van der Waals surface area contributed by atoms with Crippen LogP contribution < -0.4 is 10.1 Å². The molecular weight excluding hydrogens is 410 g/mol. The van der Waals surface area contributed by atoms with Crippen molar-refractivity contribution >= 4 is 16.9 Å². The largest absolute Gasteiger partial charge is 0.497 e. The first-order valence-electron chi connectivity index (χ1n) is 11.5. The lowest BCUT2D eigenvalue weighted by molar-refractivity contribution is 0.179. The highest BCUT2D eigenvalue weighted by atomic mass is 16.5. The minimum absolute atomic E-state index is 0.0293. The van der Waals surface area contributed by atoms with Gasteiger partial charge in [0, 0.05) is 29.7 Å². The molecule has 168 valence electrons. The van der Waals surface area contributed by atoms with Crippen molar-refractivity contribution in [1.29, 1.82) is 0 Å². The Balaban J connectivity index is 1.46. The van der Waals surface area contributed by atoms with Crippen LogP contribution in [0, 0.1) is 6.92 Å². The number of hydrogen-bond acceptors (Lipinski definition) is 2. The fraction of sp³-hybridized carbons (Fsp3) is 0.250. The van der Waals surface area contributed by atoms with Crippen LogP contribution in [-0.2, 0) is 12.8 Å². The molecule has 5 rings (SSSR count). The maximum absolute atomic E-state index is 13.3. The fourth-order valence-electron chi connectivity index (χ4n) is 4.77. The number of aryl methyl sites for hydroxylation is 1. The maximum Gasteiger partial charge on any atom is 0.318 e. The third-order valence-electron chi connectivity index (χ3n) is 6.52. The lowest BCUT2D eigenvalue weighted by atomic mass is 9.92. The lowest BCUT2D eigenvalue weighted by Gasteiger charge is -2.36. The van der Waals surface area contributed by atoms with E-state index in [1.54, 1.807) is 7.11 Å². The molecule has 0 saturated carbocycles. The van der Waals surface area contributed by atoms with Crippen LogP contribution in [0.1, 0.15) is 34.0 Å². The molecule has 0 fully saturated rings. The van der Waals surface area contributed by atoms with Crippen molar-refractivity contribution in [3.8, 4) is 5.75 Å². The summed E-state index contributed by atoms with van der Waals surface area (Å²) >= 11 is 0. The molecule has 0 spiro atoms. The molecule has 1 aromatic heterocycles. The van der Waals surface area contributed by atoms with Crippen LogP contribution in [-0.4, -0.2) is 36.1 Å². The highest BCUT2D eigenvalue weighted by molar-refractivity contribution is 5.87. The van der Waals surface area contributed by atoms with Gasteiger partial charge in [0.25, 0.3) is 0 Å². The molecule has 4 aromatic rings. The molecule has 5 heteroatoms. The number of nitrogens with one attached hydrogen (secondary N) is 2. The molecule has 5 nitrogen and oxygen atoms in total. The Morgan fingerprint density at radius 2 is 1.88 bits per heavy atom. The second kappa shape index (κ2) is 9.02. The summed E-state index contributed by atoms with van der Waals surface area (Å²) in [5.41, 5.74) is 6.96. The molecule has 1 atom stereocenters. The third kappa shape index (κ3) is 4.19. The van der Waals surface area contributed by atoms with E-state index >= 15 is 0 Å². The van der Waals surface area contributed by atoms with Crippen molar-refractivity contribution in [3.63, 3.8) is 0 Å². The standard InChI is InChI=1S/C28H29N3O2/c1-19-8-10-21(11-9-19)27-26-23(24-18-22(33-2)12-13-25(24)30-26)15-17-31(27)28(32)29-16-14-20-6-4-3-5-7-20/h3-13,18,27,30H,14-17H2,1-2H3,(H,29,32). The zero-order valence-electron chi connectivity index (χ0n) is 19.1. The van der Waals surface area contributed by atoms with Gasteiger partial charge in [-0.1, -0.05) is 60.2 Å². The van der Waals surface area contributed by atoms with Gasteiger partial charge in [0.1, 0.15) is 5.75 Å². The third-order valence-corrected chi connectivity index (χ3v) is 6.52. The van der Waals surface area contributed by atoms with Gasteiger partial charge in [0.15, 0.2) is 0 Å². The Kier molecular flexibility index (Phi) is 5.78. The van der Waals surface area contributed by atoms with Crippen LogP contribution in [0.5, 0.6) is 5.75 Å². The smallest absolute Gasteiger partial charge is 0.318 e. The van der Waals surface area contributed by atoms with Crippen molar-refractivity contribution in [2.75, 3.05) is 20.2 Å². The summed E-state index contributed by atoms with van der Waals surface area (Å²) in [7, 11) is 1.69. The van der Waals surface area contributed by atoms with E-state index in [0.717, 1.165) is 35.4 Å². The van der Waals surface area contributed by atoms with Crippen LogP contribution in [0.3, 0.4) is 0 Å². The molecular formula is C28H29N3O2. The number of carbonyl (C=O) groups excluding carboxylic acids is 1. The molecule has 0 radical (unpaired) electrons. The zero-order chi connectivity index (χ0) is 22.8. The number of carbonyl (C=O) groups is 1. The first-order valence-corrected chi connectivity index (χ1v) is 11.5. The number of nitrogens with zero attached hydrogens (tertiary/aromatic N) is 1. The number of ether oxygens (including phenoxy) is 1. The number of aromatic nitrogens is 1. The second-order valence-electron chi connectivity index (χ2n) is 8.65. The number of benzene rings is 3. The Labute approximate surface area is 194 Å². The predicted molar refractivity (Wildman–Crippen MR) is 132 cm³/mol. The number of hydrogen-bond donors (Lipinski definition) is 2. The van der Waals surface area contributed by atoms with Gasteiger partial charge in [0.2, 0.25) is 0 Å². The van der Waals surface area contributed by atoms with Crippen molar-refractivity contribution in [3.05, 3.63) is 101 Å². The van der Waals surface area contributed by atoms with Gasteiger partial charge in [0.05, 0.1) is 13.2 Å². The monoisotopic (exact) mass is 439 g/mol. The van der Waals surface area contributed by atoms with Crippen LogP contribution in [0.4, 0.5) is 4.79 Å². The minimum atomic E-state index is -0.163. The number of rotatable bonds is 5. The van der Waals surface area contributed by atoms with E-state index in [1.807, 2.05) is 29.2 Å². The Hall–Kier alpha value is -3.73. The van der Waals surface area contributed by atoms with Gasteiger partial charge in [-0.3, -0.25) is 0 Å². The molecule has 1 aliphatic rings. The molecule has 2 amide bonds. The molecule has 3 aromatic carbocycles. The Bertz CT molecular complexity index is 1260. The Morgan fingerprint density at radius 1 is 1.09 bits per heavy atom. The number of amides is 2. The van der Waals surface area contributed by atoms with Crippen LogP contribution in [0.2, 0.25) is 0 Å². The van der Waals surface area contributed by atoms with E-state index in [9.17, 15) is 4.79 Å². The molecule has 33 heavy (non-hydrogen) atoms.